The minimum Gasteiger partial charge on any atom is -0.382 e. The number of hydrogen-bond donors (Lipinski definition) is 1. The zero-order valence-electron chi connectivity index (χ0n) is 6.79. The number of nitrogen functional groups attached to an aromatic ring is 1. The molecule has 4 heteroatoms. The van der Waals surface area contributed by atoms with E-state index >= 15 is 0 Å². The van der Waals surface area contributed by atoms with Crippen LogP contribution in [0.25, 0.3) is 5.70 Å². The maximum atomic E-state index is 5.59. The summed E-state index contributed by atoms with van der Waals surface area (Å²) in [6.45, 7) is 5.42. The summed E-state index contributed by atoms with van der Waals surface area (Å²) < 4.78 is 1.64. The Bertz CT molecular complexity index is 325. The molecule has 0 aromatic carbocycles. The molecule has 0 fully saturated rings. The van der Waals surface area contributed by atoms with Crippen LogP contribution < -0.4 is 5.73 Å². The highest BCUT2D eigenvalue weighted by molar-refractivity contribution is 6.31. The molecule has 0 saturated heterocycles. The number of hydrogen-bond acceptors (Lipinski definition) is 2. The highest BCUT2D eigenvalue weighted by Gasteiger charge is 1.95. The average molecular weight is 184 g/mol. The molecule has 0 radical (unpaired) electrons. The molecule has 2 N–H and O–H groups in total. The van der Waals surface area contributed by atoms with Gasteiger partial charge in [0.1, 0.15) is 5.82 Å². The monoisotopic (exact) mass is 183 g/mol. The van der Waals surface area contributed by atoms with E-state index in [9.17, 15) is 0 Å². The lowest BCUT2D eigenvalue weighted by atomic mass is 10.4. The number of rotatable bonds is 2. The Morgan fingerprint density at radius 1 is 1.83 bits per heavy atom. The molecular weight excluding hydrogens is 174 g/mol. The summed E-state index contributed by atoms with van der Waals surface area (Å²) in [7, 11) is 0. The molecule has 1 heterocycles. The standard InChI is InChI=1S/C8H10ClN3/c1-6(9)5-7(2)12-4-3-8(10)11-12/h3-5H,1H2,2H3,(H2,10,11)/b7-5+. The van der Waals surface area contributed by atoms with Crippen molar-refractivity contribution in [1.82, 2.24) is 9.78 Å². The van der Waals surface area contributed by atoms with Crippen LogP contribution in [0.5, 0.6) is 0 Å². The molecule has 1 aromatic heterocycles. The lowest BCUT2D eigenvalue weighted by Gasteiger charge is -1.98. The van der Waals surface area contributed by atoms with Crippen LogP contribution in [0.15, 0.2) is 30.0 Å². The Morgan fingerprint density at radius 3 is 2.92 bits per heavy atom. The quantitative estimate of drug-likeness (QED) is 0.714. The van der Waals surface area contributed by atoms with Crippen LogP contribution in [0.3, 0.4) is 0 Å². The van der Waals surface area contributed by atoms with Crippen LogP contribution in [-0.2, 0) is 0 Å². The molecule has 0 bridgehead atoms. The van der Waals surface area contributed by atoms with Crippen molar-refractivity contribution in [3.05, 3.63) is 30.0 Å². The van der Waals surface area contributed by atoms with Crippen molar-refractivity contribution < 1.29 is 0 Å². The molecule has 0 amide bonds. The summed E-state index contributed by atoms with van der Waals surface area (Å²) in [6, 6.07) is 1.72. The van der Waals surface area contributed by atoms with E-state index in [4.69, 9.17) is 17.3 Å². The Labute approximate surface area is 76.1 Å². The molecule has 0 aliphatic heterocycles. The molecule has 0 unspecified atom stereocenters. The number of nitrogens with two attached hydrogens (primary N) is 1. The summed E-state index contributed by atoms with van der Waals surface area (Å²) in [5.41, 5.74) is 6.31. The van der Waals surface area contributed by atoms with Gasteiger partial charge in [-0.05, 0) is 13.0 Å². The van der Waals surface area contributed by atoms with Crippen LogP contribution in [0.4, 0.5) is 5.82 Å². The molecule has 0 saturated carbocycles. The Kier molecular flexibility index (Phi) is 2.55. The second-order valence-corrected chi connectivity index (χ2v) is 2.90. The summed E-state index contributed by atoms with van der Waals surface area (Å²) >= 11 is 5.59. The van der Waals surface area contributed by atoms with Gasteiger partial charge >= 0.3 is 0 Å². The fourth-order valence-electron chi connectivity index (χ4n) is 0.827. The second-order valence-electron chi connectivity index (χ2n) is 2.42. The normalized spacial score (nSPS) is 11.7. The first kappa shape index (κ1) is 8.87. The Balaban J connectivity index is 2.91. The maximum absolute atomic E-state index is 5.59. The summed E-state index contributed by atoms with van der Waals surface area (Å²) in [5.74, 6) is 0.489. The molecule has 3 nitrogen and oxygen atoms in total. The molecule has 0 aliphatic carbocycles. The van der Waals surface area contributed by atoms with Crippen molar-refractivity contribution in [3.8, 4) is 0 Å². The van der Waals surface area contributed by atoms with Crippen LogP contribution in [0.2, 0.25) is 0 Å². The third-order valence-electron chi connectivity index (χ3n) is 1.34. The molecule has 1 aromatic rings. The predicted octanol–water partition coefficient (Wildman–Crippen LogP) is 2.08. The van der Waals surface area contributed by atoms with Gasteiger partial charge in [-0.25, -0.2) is 4.68 Å². The van der Waals surface area contributed by atoms with Gasteiger partial charge in [0.05, 0.1) is 0 Å². The van der Waals surface area contributed by atoms with Crippen molar-refractivity contribution in [2.24, 2.45) is 0 Å². The molecule has 0 atom stereocenters. The van der Waals surface area contributed by atoms with E-state index in [0.717, 1.165) is 5.70 Å². The first-order chi connectivity index (χ1) is 5.59. The average Bonchev–Trinajstić information content (AvgIpc) is 2.34. The topological polar surface area (TPSA) is 43.8 Å². The van der Waals surface area contributed by atoms with Gasteiger partial charge in [0.25, 0.3) is 0 Å². The lowest BCUT2D eigenvalue weighted by molar-refractivity contribution is 0.901. The van der Waals surface area contributed by atoms with Crippen LogP contribution in [0.1, 0.15) is 6.92 Å². The summed E-state index contributed by atoms with van der Waals surface area (Å²) in [5, 5.41) is 4.46. The van der Waals surface area contributed by atoms with Gasteiger partial charge in [0.2, 0.25) is 0 Å². The van der Waals surface area contributed by atoms with E-state index in [0.29, 0.717) is 10.9 Å². The number of allylic oxidation sites excluding steroid dienone is 3. The highest BCUT2D eigenvalue weighted by Crippen LogP contribution is 2.09. The van der Waals surface area contributed by atoms with Crippen molar-refractivity contribution in [2.75, 3.05) is 5.73 Å². The summed E-state index contributed by atoms with van der Waals surface area (Å²) in [4.78, 5) is 0. The lowest BCUT2D eigenvalue weighted by Crippen LogP contribution is -1.95. The second kappa shape index (κ2) is 3.45. The van der Waals surface area contributed by atoms with Crippen molar-refractivity contribution >= 4 is 23.1 Å². The zero-order chi connectivity index (χ0) is 9.14. The number of nitrogens with zero attached hydrogens (tertiary/aromatic N) is 2. The van der Waals surface area contributed by atoms with E-state index in [1.165, 1.54) is 0 Å². The van der Waals surface area contributed by atoms with Gasteiger partial charge in [-0.2, -0.15) is 5.10 Å². The largest absolute Gasteiger partial charge is 0.382 e. The van der Waals surface area contributed by atoms with Crippen molar-refractivity contribution in [1.29, 1.82) is 0 Å². The fraction of sp³-hybridized carbons (Fsp3) is 0.125. The number of halogens is 1. The third-order valence-corrected chi connectivity index (χ3v) is 1.45. The Hall–Kier alpha value is -1.22. The molecular formula is C8H10ClN3. The van der Waals surface area contributed by atoms with E-state index in [1.807, 2.05) is 6.92 Å². The minimum atomic E-state index is 0.474. The van der Waals surface area contributed by atoms with Gasteiger partial charge in [-0.15, -0.1) is 0 Å². The number of anilines is 1. The molecule has 12 heavy (non-hydrogen) atoms. The van der Waals surface area contributed by atoms with E-state index in [1.54, 1.807) is 23.0 Å². The SMILES string of the molecule is C=C(Cl)/C=C(\C)n1ccc(N)n1. The first-order valence-electron chi connectivity index (χ1n) is 3.44. The van der Waals surface area contributed by atoms with Gasteiger partial charge in [0.15, 0.2) is 0 Å². The van der Waals surface area contributed by atoms with E-state index < -0.39 is 0 Å². The van der Waals surface area contributed by atoms with Gasteiger partial charge in [-0.3, -0.25) is 0 Å². The highest BCUT2D eigenvalue weighted by atomic mass is 35.5. The van der Waals surface area contributed by atoms with E-state index in [-0.39, 0.29) is 0 Å². The van der Waals surface area contributed by atoms with E-state index in [2.05, 4.69) is 11.7 Å². The summed E-state index contributed by atoms with van der Waals surface area (Å²) in [6.07, 6.45) is 3.48. The number of aromatic nitrogens is 2. The minimum absolute atomic E-state index is 0.474. The fourth-order valence-corrected chi connectivity index (χ4v) is 0.985. The maximum Gasteiger partial charge on any atom is 0.145 e. The van der Waals surface area contributed by atoms with Crippen LogP contribution >= 0.6 is 11.6 Å². The van der Waals surface area contributed by atoms with Crippen LogP contribution in [0, 0.1) is 0 Å². The van der Waals surface area contributed by atoms with Crippen molar-refractivity contribution in [2.45, 2.75) is 6.92 Å². The third kappa shape index (κ3) is 2.13. The van der Waals surface area contributed by atoms with Gasteiger partial charge in [-0.1, -0.05) is 18.2 Å². The van der Waals surface area contributed by atoms with Gasteiger partial charge in [0, 0.05) is 23.0 Å². The van der Waals surface area contributed by atoms with Gasteiger partial charge < -0.3 is 5.73 Å². The molecule has 0 aliphatic rings. The molecule has 0 spiro atoms. The smallest absolute Gasteiger partial charge is 0.145 e. The predicted molar refractivity (Wildman–Crippen MR) is 51.6 cm³/mol. The van der Waals surface area contributed by atoms with Crippen molar-refractivity contribution in [3.63, 3.8) is 0 Å². The Morgan fingerprint density at radius 2 is 2.50 bits per heavy atom. The molecule has 1 rings (SSSR count). The zero-order valence-corrected chi connectivity index (χ0v) is 7.54. The van der Waals surface area contributed by atoms with Crippen LogP contribution in [-0.4, -0.2) is 9.78 Å². The first-order valence-corrected chi connectivity index (χ1v) is 3.81. The molecule has 64 valence electrons.